The van der Waals surface area contributed by atoms with Crippen molar-refractivity contribution >= 4 is 11.6 Å². The zero-order valence-electron chi connectivity index (χ0n) is 13.4. The average Bonchev–Trinajstić information content (AvgIpc) is 2.58. The predicted octanol–water partition coefficient (Wildman–Crippen LogP) is 3.71. The van der Waals surface area contributed by atoms with Crippen LogP contribution in [0.3, 0.4) is 0 Å². The summed E-state index contributed by atoms with van der Waals surface area (Å²) in [7, 11) is 0. The number of nitrogens with one attached hydrogen (secondary N) is 1. The van der Waals surface area contributed by atoms with Crippen LogP contribution in [0.15, 0.2) is 66.3 Å². The van der Waals surface area contributed by atoms with Gasteiger partial charge in [-0.1, -0.05) is 54.6 Å². The van der Waals surface area contributed by atoms with Crippen LogP contribution < -0.4 is 10.2 Å². The minimum absolute atomic E-state index is 0.309. The normalized spacial score (nSPS) is 11.0. The van der Waals surface area contributed by atoms with Crippen LogP contribution in [0.25, 0.3) is 0 Å². The van der Waals surface area contributed by atoms with Crippen molar-refractivity contribution in [3.8, 4) is 5.75 Å². The Morgan fingerprint density at radius 2 is 1.91 bits per heavy atom. The Balaban J connectivity index is 2.11. The number of hydrogen-bond acceptors (Lipinski definition) is 3. The van der Waals surface area contributed by atoms with Crippen molar-refractivity contribution in [1.82, 2.24) is 5.43 Å². The van der Waals surface area contributed by atoms with Gasteiger partial charge in [-0.15, -0.1) is 0 Å². The number of carbonyl (C=O) groups is 1. The second-order valence-electron chi connectivity index (χ2n) is 5.10. The van der Waals surface area contributed by atoms with Crippen LogP contribution >= 0.6 is 0 Å². The molecule has 0 saturated carbocycles. The fourth-order valence-electron chi connectivity index (χ4n) is 1.98. The maximum absolute atomic E-state index is 12.3. The van der Waals surface area contributed by atoms with Crippen LogP contribution in [0.1, 0.15) is 28.4 Å². The van der Waals surface area contributed by atoms with Gasteiger partial charge in [-0.05, 0) is 31.5 Å². The molecule has 118 valence electrons. The fraction of sp³-hybridized carbons (Fsp3) is 0.158. The molecule has 0 radical (unpaired) electrons. The first kappa shape index (κ1) is 16.5. The number of ether oxygens (including phenoxy) is 1. The van der Waals surface area contributed by atoms with Crippen molar-refractivity contribution in [3.63, 3.8) is 0 Å². The van der Waals surface area contributed by atoms with Gasteiger partial charge in [-0.25, -0.2) is 5.43 Å². The summed E-state index contributed by atoms with van der Waals surface area (Å²) in [4.78, 5) is 12.3. The van der Waals surface area contributed by atoms with Crippen LogP contribution in [0, 0.1) is 6.92 Å². The molecule has 0 spiro atoms. The quantitative estimate of drug-likeness (QED) is 0.502. The summed E-state index contributed by atoms with van der Waals surface area (Å²) in [6.07, 6.45) is 1.63. The molecule has 4 nitrogen and oxygen atoms in total. The molecule has 0 aliphatic carbocycles. The van der Waals surface area contributed by atoms with E-state index in [0.717, 1.165) is 11.3 Å². The molecule has 2 aromatic carbocycles. The van der Waals surface area contributed by atoms with Crippen molar-refractivity contribution in [2.45, 2.75) is 13.8 Å². The number of nitrogens with zero attached hydrogens (tertiary/aromatic N) is 1. The van der Waals surface area contributed by atoms with Gasteiger partial charge in [0.1, 0.15) is 12.4 Å². The SMILES string of the molecule is C=CCOc1ccccc1C(=O)NN=C(C)c1ccc(C)cc1. The Morgan fingerprint density at radius 3 is 2.61 bits per heavy atom. The van der Waals surface area contributed by atoms with E-state index in [2.05, 4.69) is 17.1 Å². The zero-order chi connectivity index (χ0) is 16.7. The molecule has 1 amide bonds. The first-order valence-corrected chi connectivity index (χ1v) is 7.36. The number of rotatable bonds is 6. The maximum Gasteiger partial charge on any atom is 0.275 e. The second-order valence-corrected chi connectivity index (χ2v) is 5.10. The smallest absolute Gasteiger partial charge is 0.275 e. The third-order valence-electron chi connectivity index (χ3n) is 3.28. The van der Waals surface area contributed by atoms with Crippen molar-refractivity contribution in [3.05, 3.63) is 77.9 Å². The van der Waals surface area contributed by atoms with E-state index in [4.69, 9.17) is 4.74 Å². The van der Waals surface area contributed by atoms with Crippen LogP contribution in [-0.4, -0.2) is 18.2 Å². The van der Waals surface area contributed by atoms with E-state index in [1.165, 1.54) is 5.56 Å². The minimum atomic E-state index is -0.309. The van der Waals surface area contributed by atoms with Crippen LogP contribution in [0.4, 0.5) is 0 Å². The molecule has 0 saturated heterocycles. The Morgan fingerprint density at radius 1 is 1.22 bits per heavy atom. The lowest BCUT2D eigenvalue weighted by Crippen LogP contribution is -2.20. The lowest BCUT2D eigenvalue weighted by molar-refractivity contribution is 0.0951. The number of aryl methyl sites for hydroxylation is 1. The summed E-state index contributed by atoms with van der Waals surface area (Å²) in [6.45, 7) is 7.82. The summed E-state index contributed by atoms with van der Waals surface area (Å²) in [5.41, 5.74) is 5.89. The number of carbonyl (C=O) groups excluding carboxylic acids is 1. The Labute approximate surface area is 136 Å². The van der Waals surface area contributed by atoms with E-state index < -0.39 is 0 Å². The highest BCUT2D eigenvalue weighted by molar-refractivity contribution is 6.01. The standard InChI is InChI=1S/C19H20N2O2/c1-4-13-23-18-8-6-5-7-17(18)19(22)21-20-15(3)16-11-9-14(2)10-12-16/h4-12H,1,13H2,2-3H3,(H,21,22). The van der Waals surface area contributed by atoms with E-state index >= 15 is 0 Å². The van der Waals surface area contributed by atoms with Gasteiger partial charge in [0.05, 0.1) is 11.3 Å². The molecule has 4 heteroatoms. The third kappa shape index (κ3) is 4.54. The van der Waals surface area contributed by atoms with Crippen LogP contribution in [-0.2, 0) is 0 Å². The lowest BCUT2D eigenvalue weighted by atomic mass is 10.1. The maximum atomic E-state index is 12.3. The zero-order valence-corrected chi connectivity index (χ0v) is 13.4. The van der Waals surface area contributed by atoms with Gasteiger partial charge < -0.3 is 4.74 Å². The highest BCUT2D eigenvalue weighted by Crippen LogP contribution is 2.17. The molecular weight excluding hydrogens is 288 g/mol. The summed E-state index contributed by atoms with van der Waals surface area (Å²) < 4.78 is 5.48. The molecule has 0 aliphatic rings. The number of benzene rings is 2. The average molecular weight is 308 g/mol. The number of para-hydroxylation sites is 1. The monoisotopic (exact) mass is 308 g/mol. The first-order chi connectivity index (χ1) is 11.1. The van der Waals surface area contributed by atoms with Gasteiger partial charge in [0.15, 0.2) is 0 Å². The molecule has 0 fully saturated rings. The van der Waals surface area contributed by atoms with Crippen molar-refractivity contribution in [1.29, 1.82) is 0 Å². The van der Waals surface area contributed by atoms with Gasteiger partial charge in [0, 0.05) is 0 Å². The molecule has 0 heterocycles. The van der Waals surface area contributed by atoms with Gasteiger partial charge in [0.2, 0.25) is 0 Å². The third-order valence-corrected chi connectivity index (χ3v) is 3.28. The number of amides is 1. The van der Waals surface area contributed by atoms with Crippen LogP contribution in [0.5, 0.6) is 5.75 Å². The highest BCUT2D eigenvalue weighted by atomic mass is 16.5. The largest absolute Gasteiger partial charge is 0.489 e. The van der Waals surface area contributed by atoms with Gasteiger partial charge in [0.25, 0.3) is 5.91 Å². The molecule has 0 bridgehead atoms. The summed E-state index contributed by atoms with van der Waals surface area (Å²) in [5.74, 6) is 0.198. The van der Waals surface area contributed by atoms with E-state index in [1.807, 2.05) is 44.2 Å². The van der Waals surface area contributed by atoms with Gasteiger partial charge in [-0.3, -0.25) is 4.79 Å². The lowest BCUT2D eigenvalue weighted by Gasteiger charge is -2.09. The molecule has 23 heavy (non-hydrogen) atoms. The van der Waals surface area contributed by atoms with E-state index in [-0.39, 0.29) is 5.91 Å². The van der Waals surface area contributed by atoms with E-state index in [1.54, 1.807) is 24.3 Å². The molecular formula is C19H20N2O2. The van der Waals surface area contributed by atoms with Crippen molar-refractivity contribution in [2.24, 2.45) is 5.10 Å². The second kappa shape index (κ2) is 7.94. The highest BCUT2D eigenvalue weighted by Gasteiger charge is 2.11. The first-order valence-electron chi connectivity index (χ1n) is 7.36. The number of hydrazone groups is 1. The molecule has 0 unspecified atom stereocenters. The molecule has 2 rings (SSSR count). The summed E-state index contributed by atoms with van der Waals surface area (Å²) >= 11 is 0. The fourth-order valence-corrected chi connectivity index (χ4v) is 1.98. The molecule has 1 N–H and O–H groups in total. The number of hydrogen-bond donors (Lipinski definition) is 1. The Hall–Kier alpha value is -2.88. The summed E-state index contributed by atoms with van der Waals surface area (Å²) in [6, 6.07) is 15.0. The molecule has 0 aliphatic heterocycles. The van der Waals surface area contributed by atoms with Gasteiger partial charge in [-0.2, -0.15) is 5.10 Å². The predicted molar refractivity (Wildman–Crippen MR) is 93.0 cm³/mol. The molecule has 0 aromatic heterocycles. The molecule has 2 aromatic rings. The van der Waals surface area contributed by atoms with Crippen molar-refractivity contribution in [2.75, 3.05) is 6.61 Å². The Bertz CT molecular complexity index is 718. The van der Waals surface area contributed by atoms with Gasteiger partial charge >= 0.3 is 0 Å². The summed E-state index contributed by atoms with van der Waals surface area (Å²) in [5, 5.41) is 4.16. The molecule has 0 atom stereocenters. The van der Waals surface area contributed by atoms with E-state index in [0.29, 0.717) is 17.9 Å². The van der Waals surface area contributed by atoms with Crippen molar-refractivity contribution < 1.29 is 9.53 Å². The van der Waals surface area contributed by atoms with Crippen LogP contribution in [0.2, 0.25) is 0 Å². The topological polar surface area (TPSA) is 50.7 Å². The van der Waals surface area contributed by atoms with E-state index in [9.17, 15) is 4.79 Å². The minimum Gasteiger partial charge on any atom is -0.489 e. The Kier molecular flexibility index (Phi) is 5.69.